The van der Waals surface area contributed by atoms with E-state index in [1.165, 1.54) is 34.5 Å². The van der Waals surface area contributed by atoms with Crippen LogP contribution in [-0.4, -0.2) is 139 Å². The first-order valence-corrected chi connectivity index (χ1v) is 27.3. The van der Waals surface area contributed by atoms with Gasteiger partial charge in [-0.15, -0.1) is 0 Å². The van der Waals surface area contributed by atoms with Crippen molar-refractivity contribution in [3.63, 3.8) is 0 Å². The van der Waals surface area contributed by atoms with Crippen molar-refractivity contribution in [2.45, 2.75) is 44.4 Å². The van der Waals surface area contributed by atoms with Crippen LogP contribution in [0.25, 0.3) is 44.1 Å². The lowest BCUT2D eigenvalue weighted by molar-refractivity contribution is -0.126. The molecule has 0 bridgehead atoms. The molecule has 73 heavy (non-hydrogen) atoms. The van der Waals surface area contributed by atoms with E-state index < -0.39 is 20.0 Å². The second-order valence-electron chi connectivity index (χ2n) is 16.9. The summed E-state index contributed by atoms with van der Waals surface area (Å²) in [7, 11) is -0.511. The summed E-state index contributed by atoms with van der Waals surface area (Å²) in [6.07, 6.45) is 8.12. The number of sulfonamides is 2. The zero-order valence-electron chi connectivity index (χ0n) is 39.8. The van der Waals surface area contributed by atoms with Crippen molar-refractivity contribution in [1.82, 2.24) is 39.6 Å². The Bertz CT molecular complexity index is 3190. The average Bonchev–Trinajstić information content (AvgIpc) is 3.98. The fraction of sp³-hybridized carbons (Fsp3) is 0.354. The van der Waals surface area contributed by atoms with Crippen molar-refractivity contribution in [2.75, 3.05) is 77.8 Å². The Hall–Kier alpha value is -5.49. The second-order valence-corrected chi connectivity index (χ2v) is 22.0. The van der Waals surface area contributed by atoms with Gasteiger partial charge < -0.3 is 39.8 Å². The Labute approximate surface area is 444 Å². The van der Waals surface area contributed by atoms with Crippen LogP contribution in [0.2, 0.25) is 20.1 Å². The van der Waals surface area contributed by atoms with Gasteiger partial charge in [0, 0.05) is 96.8 Å². The highest BCUT2D eigenvalue weighted by atomic mass is 35.5. The van der Waals surface area contributed by atoms with E-state index in [4.69, 9.17) is 65.4 Å². The van der Waals surface area contributed by atoms with E-state index in [2.05, 4.69) is 51.9 Å². The molecule has 2 fully saturated rings. The normalized spacial score (nSPS) is 17.6. The third-order valence-corrected chi connectivity index (χ3v) is 14.7. The first-order valence-electron chi connectivity index (χ1n) is 22.1. The van der Waals surface area contributed by atoms with E-state index in [0.717, 1.165) is 46.3 Å². The number of hydrogen-bond acceptors (Lipinski definition) is 16. The van der Waals surface area contributed by atoms with Crippen molar-refractivity contribution >= 4 is 106 Å². The van der Waals surface area contributed by atoms with Crippen LogP contribution in [0.15, 0.2) is 73.6 Å². The van der Waals surface area contributed by atoms with E-state index in [-0.39, 0.29) is 44.0 Å². The van der Waals surface area contributed by atoms with Crippen molar-refractivity contribution < 1.29 is 40.6 Å². The lowest BCUT2D eigenvalue weighted by Crippen LogP contribution is -2.42. The van der Waals surface area contributed by atoms with Crippen molar-refractivity contribution in [2.24, 2.45) is 0 Å². The number of fused-ring (bicyclic) bond motifs is 2. The maximum Gasteiger partial charge on any atom is 0.246 e. The molecule has 0 saturated carbocycles. The molecule has 2 aliphatic heterocycles. The molecule has 8 rings (SSSR count). The van der Waals surface area contributed by atoms with Crippen LogP contribution in [0, 0.1) is 0 Å². The number of amides is 1. The quantitative estimate of drug-likeness (QED) is 0.0551. The molecule has 6 aromatic rings. The van der Waals surface area contributed by atoms with Gasteiger partial charge in [0.25, 0.3) is 0 Å². The summed E-state index contributed by atoms with van der Waals surface area (Å²) in [6, 6.07) is 14.1. The van der Waals surface area contributed by atoms with Crippen LogP contribution in [0.4, 0.5) is 11.9 Å². The number of ether oxygens (including phenoxy) is 4. The summed E-state index contributed by atoms with van der Waals surface area (Å²) in [5, 5.41) is 12.9. The van der Waals surface area contributed by atoms with Crippen LogP contribution in [0.1, 0.15) is 20.3 Å². The van der Waals surface area contributed by atoms with E-state index >= 15 is 0 Å². The smallest absolute Gasteiger partial charge is 0.246 e. The number of carbonyl (C=O) groups is 1. The fourth-order valence-corrected chi connectivity index (χ4v) is 10.8. The molecule has 5 N–H and O–H groups in total. The number of nitrogens with zero attached hydrogens (tertiary/aromatic N) is 5. The zero-order chi connectivity index (χ0) is 52.1. The van der Waals surface area contributed by atoms with Gasteiger partial charge in [-0.1, -0.05) is 72.5 Å². The highest BCUT2D eigenvalue weighted by Gasteiger charge is 2.35. The summed E-state index contributed by atoms with van der Waals surface area (Å²) < 4.78 is 72.2. The van der Waals surface area contributed by atoms with Crippen molar-refractivity contribution in [3.8, 4) is 45.3 Å². The molecular formula is C48H56Cl4N10O9S2. The third kappa shape index (κ3) is 13.8. The number of halogens is 4. The van der Waals surface area contributed by atoms with Gasteiger partial charge in [-0.2, -0.15) is 0 Å². The van der Waals surface area contributed by atoms with E-state index in [1.807, 2.05) is 36.4 Å². The van der Waals surface area contributed by atoms with Gasteiger partial charge in [-0.25, -0.2) is 46.2 Å². The summed E-state index contributed by atoms with van der Waals surface area (Å²) in [5.41, 5.74) is 4.13. The van der Waals surface area contributed by atoms with E-state index in [9.17, 15) is 21.6 Å². The minimum Gasteiger partial charge on any atom is -0.495 e. The number of likely N-dealkylation sites (tertiary alicyclic amines) is 1. The SMILES string of the molecule is C.C=CC(=O)N1CC(Nc2ncc3cc(-c4c(Cl)c(OC)cc(OC)c4Cl)ccc3n2)CC1CNS(C)(=O)=O.COc1cc(OC)c(Cl)c(-c2ccc3nc(NC4CNC(CNS(C)(=O)=O)C4)ncc3c2)c1Cl. The van der Waals surface area contributed by atoms with Gasteiger partial charge in [0.15, 0.2) is 0 Å². The molecule has 4 aromatic carbocycles. The molecule has 25 heteroatoms. The standard InChI is InChI=1S/C25H27Cl2N5O5S.C22H25Cl2N5O4S.CH4/c1-5-21(33)32-13-16(9-17(32)12-29-38(4,34)35)30-25-28-11-15-8-14(6-7-18(15)31-25)22-23(26)19(36-2)10-20(37-3)24(22)27;1-32-17-8-18(33-2)21(24)19(20(17)23)12-4-5-16-13(6-12)9-26-22(29-16)28-15-7-14(25-10-15)11-27-34(3,30)31;/h5-8,10-11,16-17,29H,1,9,12-13H2,2-4H3,(H,28,30,31);4-6,8-9,14-15,25,27H,7,10-11H2,1-3H3,(H,26,28,29);1H4. The summed E-state index contributed by atoms with van der Waals surface area (Å²) in [6.45, 7) is 5.04. The first kappa shape index (κ1) is 56.8. The average molecular weight is 1120 g/mol. The molecule has 2 aliphatic rings. The van der Waals surface area contributed by atoms with Crippen LogP contribution < -0.4 is 44.3 Å². The molecular weight excluding hydrogens is 1070 g/mol. The van der Waals surface area contributed by atoms with E-state index in [1.54, 1.807) is 29.4 Å². The summed E-state index contributed by atoms with van der Waals surface area (Å²) in [4.78, 5) is 32.1. The summed E-state index contributed by atoms with van der Waals surface area (Å²) in [5.74, 6) is 2.41. The highest BCUT2D eigenvalue weighted by Crippen LogP contribution is 2.48. The maximum atomic E-state index is 12.3. The van der Waals surface area contributed by atoms with Crippen molar-refractivity contribution in [1.29, 1.82) is 0 Å². The Balaban J connectivity index is 0.000000236. The van der Waals surface area contributed by atoms with Crippen molar-refractivity contribution in [3.05, 3.63) is 93.7 Å². The minimum absolute atomic E-state index is 0. The Morgan fingerprint density at radius 1 is 0.699 bits per heavy atom. The molecule has 392 valence electrons. The lowest BCUT2D eigenvalue weighted by atomic mass is 10.0. The van der Waals surface area contributed by atoms with Crippen LogP contribution in [0.5, 0.6) is 23.0 Å². The van der Waals surface area contributed by atoms with Gasteiger partial charge in [0.05, 0.1) is 72.1 Å². The molecule has 2 aromatic heterocycles. The van der Waals surface area contributed by atoms with Gasteiger partial charge in [-0.3, -0.25) is 4.79 Å². The lowest BCUT2D eigenvalue weighted by Gasteiger charge is -2.22. The Morgan fingerprint density at radius 2 is 1.14 bits per heavy atom. The number of methoxy groups -OCH3 is 4. The number of anilines is 2. The predicted octanol–water partition coefficient (Wildman–Crippen LogP) is 7.69. The predicted molar refractivity (Wildman–Crippen MR) is 290 cm³/mol. The molecule has 4 unspecified atom stereocenters. The van der Waals surface area contributed by atoms with Gasteiger partial charge in [-0.05, 0) is 54.3 Å². The molecule has 1 amide bonds. The Morgan fingerprint density at radius 3 is 1.56 bits per heavy atom. The van der Waals surface area contributed by atoms with Crippen LogP contribution >= 0.6 is 46.4 Å². The molecule has 0 aliphatic carbocycles. The zero-order valence-corrected chi connectivity index (χ0v) is 44.5. The Kier molecular flexibility index (Phi) is 18.9. The van der Waals surface area contributed by atoms with Crippen LogP contribution in [0.3, 0.4) is 0 Å². The first-order chi connectivity index (χ1) is 34.2. The number of aromatic nitrogens is 4. The molecule has 4 atom stereocenters. The fourth-order valence-electron chi connectivity index (χ4n) is 8.35. The third-order valence-electron chi connectivity index (χ3n) is 11.8. The topological polar surface area (TPSA) is 237 Å². The number of carbonyl (C=O) groups excluding carboxylic acids is 1. The minimum atomic E-state index is -3.39. The van der Waals surface area contributed by atoms with E-state index in [0.29, 0.717) is 97.7 Å². The molecule has 0 radical (unpaired) electrons. The number of benzene rings is 4. The highest BCUT2D eigenvalue weighted by molar-refractivity contribution is 7.89. The largest absolute Gasteiger partial charge is 0.495 e. The molecule has 19 nitrogen and oxygen atoms in total. The monoisotopic (exact) mass is 1120 g/mol. The maximum absolute atomic E-state index is 12.3. The summed E-state index contributed by atoms with van der Waals surface area (Å²) >= 11 is 26.3. The van der Waals surface area contributed by atoms with Gasteiger partial charge in [0.1, 0.15) is 23.0 Å². The van der Waals surface area contributed by atoms with Gasteiger partial charge in [0.2, 0.25) is 37.9 Å². The number of rotatable bonds is 17. The van der Waals surface area contributed by atoms with Crippen LogP contribution in [-0.2, 0) is 24.8 Å². The van der Waals surface area contributed by atoms with Gasteiger partial charge >= 0.3 is 0 Å². The number of hydrogen-bond donors (Lipinski definition) is 5. The molecule has 2 saturated heterocycles. The number of nitrogens with one attached hydrogen (secondary N) is 5. The molecule has 0 spiro atoms. The molecule has 4 heterocycles. The second kappa shape index (κ2) is 24.2.